The van der Waals surface area contributed by atoms with Crippen LogP contribution in [0.5, 0.6) is 0 Å². The maximum atomic E-state index is 12.0. The largest absolute Gasteiger partial charge is 0.378 e. The highest BCUT2D eigenvalue weighted by Crippen LogP contribution is 2.15. The number of ether oxygens (including phenoxy) is 1. The summed E-state index contributed by atoms with van der Waals surface area (Å²) in [6, 6.07) is 0. The Morgan fingerprint density at radius 3 is 3.00 bits per heavy atom. The van der Waals surface area contributed by atoms with Gasteiger partial charge in [-0.25, -0.2) is 4.98 Å². The average molecular weight is 267 g/mol. The zero-order chi connectivity index (χ0) is 13.1. The first kappa shape index (κ1) is 12.7. The lowest BCUT2D eigenvalue weighted by molar-refractivity contribution is 0.102. The Hall–Kier alpha value is -1.80. The van der Waals surface area contributed by atoms with E-state index in [-0.39, 0.29) is 11.9 Å². The van der Waals surface area contributed by atoms with E-state index in [1.165, 1.54) is 11.3 Å². The van der Waals surface area contributed by atoms with Gasteiger partial charge in [-0.15, -0.1) is 16.4 Å². The second kappa shape index (κ2) is 5.23. The van der Waals surface area contributed by atoms with E-state index in [0.717, 1.165) is 5.82 Å². The van der Waals surface area contributed by atoms with Gasteiger partial charge < -0.3 is 4.74 Å². The molecule has 8 heteroatoms. The minimum absolute atomic E-state index is 0.268. The number of nitrogens with zero attached hydrogens (tertiary/aromatic N) is 4. The first-order valence-electron chi connectivity index (χ1n) is 5.22. The van der Waals surface area contributed by atoms with Gasteiger partial charge in [0, 0.05) is 14.2 Å². The predicted octanol–water partition coefficient (Wildman–Crippen LogP) is 0.979. The molecule has 2 rings (SSSR count). The van der Waals surface area contributed by atoms with Gasteiger partial charge in [-0.1, -0.05) is 0 Å². The minimum Gasteiger partial charge on any atom is -0.378 e. The second-order valence-corrected chi connectivity index (χ2v) is 4.48. The van der Waals surface area contributed by atoms with Crippen LogP contribution in [0.15, 0.2) is 5.51 Å². The van der Waals surface area contributed by atoms with Crippen molar-refractivity contribution in [3.05, 3.63) is 21.9 Å². The number of carbonyl (C=O) groups is 1. The van der Waals surface area contributed by atoms with Gasteiger partial charge in [0.1, 0.15) is 10.7 Å². The Morgan fingerprint density at radius 2 is 2.39 bits per heavy atom. The predicted molar refractivity (Wildman–Crippen MR) is 66.5 cm³/mol. The molecule has 0 radical (unpaired) electrons. The van der Waals surface area contributed by atoms with Crippen LogP contribution in [0, 0.1) is 6.92 Å². The van der Waals surface area contributed by atoms with Crippen LogP contribution in [0.2, 0.25) is 0 Å². The van der Waals surface area contributed by atoms with Crippen LogP contribution in [-0.4, -0.2) is 32.8 Å². The van der Waals surface area contributed by atoms with E-state index in [9.17, 15) is 4.79 Å². The number of aromatic nitrogens is 4. The van der Waals surface area contributed by atoms with Crippen LogP contribution in [0.3, 0.4) is 0 Å². The Morgan fingerprint density at radius 1 is 1.61 bits per heavy atom. The van der Waals surface area contributed by atoms with E-state index in [0.29, 0.717) is 17.2 Å². The molecule has 0 bridgehead atoms. The number of aryl methyl sites for hydroxylation is 2. The highest BCUT2D eigenvalue weighted by molar-refractivity contribution is 7.12. The fourth-order valence-corrected chi connectivity index (χ4v) is 2.06. The molecule has 0 saturated carbocycles. The number of carbonyl (C=O) groups excluding carboxylic acids is 1. The number of nitrogens with one attached hydrogen (secondary N) is 1. The van der Waals surface area contributed by atoms with Crippen LogP contribution in [0.25, 0.3) is 0 Å². The van der Waals surface area contributed by atoms with Crippen LogP contribution in [0.4, 0.5) is 5.95 Å². The fourth-order valence-electron chi connectivity index (χ4n) is 1.37. The Bertz CT molecular complexity index is 543. The molecule has 0 aromatic carbocycles. The Labute approximate surface area is 108 Å². The quantitative estimate of drug-likeness (QED) is 0.893. The number of hydrogen-bond donors (Lipinski definition) is 1. The molecule has 2 aromatic heterocycles. The van der Waals surface area contributed by atoms with Gasteiger partial charge in [-0.2, -0.15) is 4.98 Å². The molecule has 0 fully saturated rings. The van der Waals surface area contributed by atoms with Crippen molar-refractivity contribution in [1.29, 1.82) is 0 Å². The first-order valence-corrected chi connectivity index (χ1v) is 6.10. The summed E-state index contributed by atoms with van der Waals surface area (Å²) in [6.45, 7) is 2.12. The van der Waals surface area contributed by atoms with Crippen molar-refractivity contribution in [1.82, 2.24) is 19.7 Å². The third-order valence-electron chi connectivity index (χ3n) is 2.33. The lowest BCUT2D eigenvalue weighted by Gasteiger charge is -2.00. The van der Waals surface area contributed by atoms with Gasteiger partial charge >= 0.3 is 0 Å². The Balaban J connectivity index is 2.14. The molecule has 0 aliphatic rings. The number of anilines is 1. The van der Waals surface area contributed by atoms with Crippen LogP contribution in [-0.2, 0) is 18.4 Å². The van der Waals surface area contributed by atoms with E-state index >= 15 is 0 Å². The lowest BCUT2D eigenvalue weighted by atomic mass is 10.3. The van der Waals surface area contributed by atoms with Crippen LogP contribution < -0.4 is 5.32 Å². The van der Waals surface area contributed by atoms with E-state index in [2.05, 4.69) is 20.4 Å². The van der Waals surface area contributed by atoms with E-state index in [4.69, 9.17) is 4.74 Å². The molecule has 18 heavy (non-hydrogen) atoms. The topological polar surface area (TPSA) is 81.9 Å². The molecule has 2 heterocycles. The summed E-state index contributed by atoms with van der Waals surface area (Å²) in [7, 11) is 3.33. The van der Waals surface area contributed by atoms with Crippen molar-refractivity contribution in [3.8, 4) is 0 Å². The third-order valence-corrected chi connectivity index (χ3v) is 3.20. The molecule has 1 N–H and O–H groups in total. The lowest BCUT2D eigenvalue weighted by Crippen LogP contribution is -2.14. The summed E-state index contributed by atoms with van der Waals surface area (Å²) in [5, 5.41) is 6.70. The van der Waals surface area contributed by atoms with Gasteiger partial charge in [0.05, 0.1) is 17.8 Å². The zero-order valence-electron chi connectivity index (χ0n) is 10.3. The SMILES string of the molecule is COCc1ncsc1C(=O)Nc1nc(C)n(C)n1. The molecule has 7 nitrogen and oxygen atoms in total. The number of rotatable bonds is 4. The van der Waals surface area contributed by atoms with Gasteiger partial charge in [-0.3, -0.25) is 14.8 Å². The minimum atomic E-state index is -0.268. The molecule has 0 unspecified atom stereocenters. The molecule has 0 spiro atoms. The normalized spacial score (nSPS) is 10.6. The first-order chi connectivity index (χ1) is 8.61. The van der Waals surface area contributed by atoms with Crippen molar-refractivity contribution in [3.63, 3.8) is 0 Å². The van der Waals surface area contributed by atoms with E-state index in [1.807, 2.05) is 6.92 Å². The number of hydrogen-bond acceptors (Lipinski definition) is 6. The highest BCUT2D eigenvalue weighted by Gasteiger charge is 2.16. The van der Waals surface area contributed by atoms with Crippen molar-refractivity contribution >= 4 is 23.2 Å². The summed E-state index contributed by atoms with van der Waals surface area (Å²) < 4.78 is 6.57. The maximum Gasteiger partial charge on any atom is 0.270 e. The van der Waals surface area contributed by atoms with Crippen molar-refractivity contribution in [2.24, 2.45) is 7.05 Å². The number of amides is 1. The molecule has 0 atom stereocenters. The van der Waals surface area contributed by atoms with E-state index < -0.39 is 0 Å². The third kappa shape index (κ3) is 2.54. The monoisotopic (exact) mass is 267 g/mol. The molecule has 0 aliphatic heterocycles. The smallest absolute Gasteiger partial charge is 0.270 e. The molecular weight excluding hydrogens is 254 g/mol. The van der Waals surface area contributed by atoms with Crippen LogP contribution >= 0.6 is 11.3 Å². The summed E-state index contributed by atoms with van der Waals surface area (Å²) in [5.74, 6) is 0.749. The average Bonchev–Trinajstić information content (AvgIpc) is 2.88. The Kier molecular flexibility index (Phi) is 3.68. The summed E-state index contributed by atoms with van der Waals surface area (Å²) in [6.07, 6.45) is 0. The molecule has 1 amide bonds. The highest BCUT2D eigenvalue weighted by atomic mass is 32.1. The van der Waals surface area contributed by atoms with Crippen molar-refractivity contribution in [2.75, 3.05) is 12.4 Å². The summed E-state index contributed by atoms with van der Waals surface area (Å²) in [5.41, 5.74) is 2.23. The van der Waals surface area contributed by atoms with Crippen LogP contribution in [0.1, 0.15) is 21.2 Å². The second-order valence-electron chi connectivity index (χ2n) is 3.62. The summed E-state index contributed by atoms with van der Waals surface area (Å²) >= 11 is 1.26. The standard InChI is InChI=1S/C10H13N5O2S/c1-6-12-10(14-15(6)2)13-9(16)8-7(4-17-3)11-5-18-8/h5H,4H2,1-3H3,(H,13,14,16). The van der Waals surface area contributed by atoms with E-state index in [1.54, 1.807) is 24.3 Å². The molecule has 96 valence electrons. The summed E-state index contributed by atoms with van der Waals surface area (Å²) in [4.78, 5) is 20.7. The van der Waals surface area contributed by atoms with Crippen molar-refractivity contribution < 1.29 is 9.53 Å². The van der Waals surface area contributed by atoms with Gasteiger partial charge in [0.25, 0.3) is 5.91 Å². The number of methoxy groups -OCH3 is 1. The molecule has 2 aromatic rings. The van der Waals surface area contributed by atoms with Gasteiger partial charge in [0.15, 0.2) is 0 Å². The maximum absolute atomic E-state index is 12.0. The molecule has 0 aliphatic carbocycles. The van der Waals surface area contributed by atoms with Gasteiger partial charge in [-0.05, 0) is 6.92 Å². The zero-order valence-corrected chi connectivity index (χ0v) is 11.1. The van der Waals surface area contributed by atoms with Crippen molar-refractivity contribution in [2.45, 2.75) is 13.5 Å². The van der Waals surface area contributed by atoms with Gasteiger partial charge in [0.2, 0.25) is 5.95 Å². The number of thiazole rings is 1. The fraction of sp³-hybridized carbons (Fsp3) is 0.400. The molecule has 0 saturated heterocycles. The molecular formula is C10H13N5O2S.